The van der Waals surface area contributed by atoms with Gasteiger partial charge in [-0.3, -0.25) is 9.59 Å². The van der Waals surface area contributed by atoms with Crippen LogP contribution in [0.1, 0.15) is 24.0 Å². The smallest absolute Gasteiger partial charge is 0.271 e. The number of hydrazone groups is 1. The zero-order valence-electron chi connectivity index (χ0n) is 17.3. The molecule has 0 unspecified atom stereocenters. The molecule has 0 bridgehead atoms. The minimum Gasteiger partial charge on any atom is -0.320 e. The van der Waals surface area contributed by atoms with Crippen molar-refractivity contribution in [2.24, 2.45) is 5.10 Å². The van der Waals surface area contributed by atoms with Gasteiger partial charge in [0.1, 0.15) is 10.6 Å². The Hall–Kier alpha value is -3.04. The summed E-state index contributed by atoms with van der Waals surface area (Å²) in [7, 11) is -0.896. The third-order valence-corrected chi connectivity index (χ3v) is 6.65. The van der Waals surface area contributed by atoms with Gasteiger partial charge in [-0.25, -0.2) is 17.7 Å². The Bertz CT molecular complexity index is 1140. The summed E-state index contributed by atoms with van der Waals surface area (Å²) in [6.45, 7) is 3.78. The molecule has 0 aromatic heterocycles. The molecule has 0 saturated carbocycles. The lowest BCUT2D eigenvalue weighted by atomic mass is 10.1. The Kier molecular flexibility index (Phi) is 6.04. The molecule has 0 aliphatic carbocycles. The minimum atomic E-state index is -3.74. The van der Waals surface area contributed by atoms with Crippen LogP contribution in [0.4, 0.5) is 11.4 Å². The third-order valence-electron chi connectivity index (χ3n) is 4.78. The van der Waals surface area contributed by atoms with Gasteiger partial charge < -0.3 is 5.32 Å². The molecule has 8 nitrogen and oxygen atoms in total. The highest BCUT2D eigenvalue weighted by molar-refractivity contribution is 7.89. The molecule has 30 heavy (non-hydrogen) atoms. The fourth-order valence-corrected chi connectivity index (χ4v) is 4.08. The van der Waals surface area contributed by atoms with Gasteiger partial charge in [0.15, 0.2) is 0 Å². The van der Waals surface area contributed by atoms with Crippen molar-refractivity contribution >= 4 is 38.9 Å². The lowest BCUT2D eigenvalue weighted by Crippen LogP contribution is -2.37. The van der Waals surface area contributed by atoms with Crippen LogP contribution in [0, 0.1) is 13.8 Å². The Balaban J connectivity index is 1.93. The highest BCUT2D eigenvalue weighted by Gasteiger charge is 2.28. The topological polar surface area (TPSA) is 99.2 Å². The number of rotatable bonds is 5. The van der Waals surface area contributed by atoms with Crippen LogP contribution >= 0.6 is 0 Å². The summed E-state index contributed by atoms with van der Waals surface area (Å²) >= 11 is 0. The van der Waals surface area contributed by atoms with Crippen LogP contribution in [0.5, 0.6) is 0 Å². The molecule has 1 aliphatic heterocycles. The highest BCUT2D eigenvalue weighted by atomic mass is 32.2. The molecule has 0 saturated heterocycles. The Morgan fingerprint density at radius 2 is 1.80 bits per heavy atom. The maximum absolute atomic E-state index is 12.9. The van der Waals surface area contributed by atoms with Crippen molar-refractivity contribution in [3.05, 3.63) is 53.6 Å². The molecule has 2 amide bonds. The zero-order chi connectivity index (χ0) is 22.1. The van der Waals surface area contributed by atoms with Gasteiger partial charge in [-0.15, -0.1) is 0 Å². The van der Waals surface area contributed by atoms with E-state index in [0.717, 1.165) is 15.4 Å². The minimum absolute atomic E-state index is 0.0118. The first-order chi connectivity index (χ1) is 14.1. The summed E-state index contributed by atoms with van der Waals surface area (Å²) in [4.78, 5) is 25.3. The van der Waals surface area contributed by atoms with E-state index in [0.29, 0.717) is 5.69 Å². The Morgan fingerprint density at radius 3 is 2.50 bits per heavy atom. The van der Waals surface area contributed by atoms with E-state index in [-0.39, 0.29) is 35.0 Å². The Morgan fingerprint density at radius 1 is 1.10 bits per heavy atom. The summed E-state index contributed by atoms with van der Waals surface area (Å²) in [6.07, 6.45) is 0.311. The van der Waals surface area contributed by atoms with E-state index in [2.05, 4.69) is 10.4 Å². The first-order valence-corrected chi connectivity index (χ1v) is 10.9. The molecule has 2 aromatic rings. The number of hydrogen-bond acceptors (Lipinski definition) is 5. The summed E-state index contributed by atoms with van der Waals surface area (Å²) in [5, 5.41) is 8.18. The second kappa shape index (κ2) is 8.37. The zero-order valence-corrected chi connectivity index (χ0v) is 18.2. The number of nitrogens with one attached hydrogen (secondary N) is 1. The third kappa shape index (κ3) is 4.27. The number of carbonyl (C=O) groups excluding carboxylic acids is 2. The Labute approximate surface area is 176 Å². The molecule has 158 valence electrons. The number of anilines is 2. The second-order valence-corrected chi connectivity index (χ2v) is 9.40. The summed E-state index contributed by atoms with van der Waals surface area (Å²) in [5.74, 6) is -0.741. The van der Waals surface area contributed by atoms with E-state index in [1.54, 1.807) is 12.1 Å². The van der Waals surface area contributed by atoms with Gasteiger partial charge >= 0.3 is 0 Å². The molecule has 0 atom stereocenters. The number of hydrogen-bond donors (Lipinski definition) is 1. The molecule has 0 fully saturated rings. The number of benzene rings is 2. The number of aryl methyl sites for hydroxylation is 2. The molecular weight excluding hydrogens is 404 g/mol. The van der Waals surface area contributed by atoms with Crippen molar-refractivity contribution < 1.29 is 18.0 Å². The van der Waals surface area contributed by atoms with Gasteiger partial charge in [-0.1, -0.05) is 24.3 Å². The fraction of sp³-hybridized carbons (Fsp3) is 0.286. The van der Waals surface area contributed by atoms with E-state index in [1.165, 1.54) is 31.2 Å². The molecular formula is C21H24N4O4S. The average molecular weight is 429 g/mol. The normalized spacial score (nSPS) is 14.6. The number of para-hydroxylation sites is 1. The summed E-state index contributed by atoms with van der Waals surface area (Å²) in [6, 6.07) is 11.8. The van der Waals surface area contributed by atoms with Crippen LogP contribution in [0.3, 0.4) is 0 Å². The van der Waals surface area contributed by atoms with Gasteiger partial charge in [-0.05, 0) is 43.2 Å². The second-order valence-electron chi connectivity index (χ2n) is 7.28. The van der Waals surface area contributed by atoms with Crippen LogP contribution in [0.25, 0.3) is 0 Å². The monoisotopic (exact) mass is 428 g/mol. The predicted octanol–water partition coefficient (Wildman–Crippen LogP) is 2.68. The molecule has 1 N–H and O–H groups in total. The molecule has 0 radical (unpaired) electrons. The first kappa shape index (κ1) is 21.7. The van der Waals surface area contributed by atoms with Gasteiger partial charge in [-0.2, -0.15) is 5.10 Å². The maximum Gasteiger partial charge on any atom is 0.271 e. The van der Waals surface area contributed by atoms with Crippen LogP contribution in [-0.4, -0.2) is 44.3 Å². The first-order valence-electron chi connectivity index (χ1n) is 9.42. The van der Waals surface area contributed by atoms with Crippen molar-refractivity contribution in [3.63, 3.8) is 0 Å². The van der Waals surface area contributed by atoms with Gasteiger partial charge in [0.25, 0.3) is 5.91 Å². The van der Waals surface area contributed by atoms with Crippen molar-refractivity contribution in [2.45, 2.75) is 31.6 Å². The van der Waals surface area contributed by atoms with Crippen LogP contribution < -0.4 is 10.3 Å². The van der Waals surface area contributed by atoms with Crippen LogP contribution in [-0.2, 0) is 19.6 Å². The maximum atomic E-state index is 12.9. The van der Waals surface area contributed by atoms with Crippen LogP contribution in [0.2, 0.25) is 0 Å². The quantitative estimate of drug-likeness (QED) is 0.791. The molecule has 9 heteroatoms. The van der Waals surface area contributed by atoms with Gasteiger partial charge in [0, 0.05) is 26.9 Å². The van der Waals surface area contributed by atoms with Crippen molar-refractivity contribution in [1.29, 1.82) is 0 Å². The van der Waals surface area contributed by atoms with Crippen LogP contribution in [0.15, 0.2) is 52.5 Å². The molecule has 1 aliphatic rings. The van der Waals surface area contributed by atoms with Crippen molar-refractivity contribution in [3.8, 4) is 0 Å². The van der Waals surface area contributed by atoms with Crippen molar-refractivity contribution in [2.75, 3.05) is 24.4 Å². The predicted molar refractivity (Wildman–Crippen MR) is 116 cm³/mol. The highest BCUT2D eigenvalue weighted by Crippen LogP contribution is 2.27. The van der Waals surface area contributed by atoms with E-state index in [9.17, 15) is 18.0 Å². The lowest BCUT2D eigenvalue weighted by molar-refractivity contribution is -0.118. The SMILES string of the molecule is Cc1ccc(C)c(N2N=C(C(=O)Nc3ccccc3S(=O)(=O)N(C)C)CCC2=O)c1. The van der Waals surface area contributed by atoms with Crippen molar-refractivity contribution in [1.82, 2.24) is 4.31 Å². The van der Waals surface area contributed by atoms with E-state index in [1.807, 2.05) is 32.0 Å². The fourth-order valence-electron chi connectivity index (χ4n) is 3.04. The largest absolute Gasteiger partial charge is 0.320 e. The van der Waals surface area contributed by atoms with E-state index >= 15 is 0 Å². The molecule has 0 spiro atoms. The number of nitrogens with zero attached hydrogens (tertiary/aromatic N) is 3. The van der Waals surface area contributed by atoms with E-state index < -0.39 is 15.9 Å². The number of amides is 2. The van der Waals surface area contributed by atoms with Gasteiger partial charge in [0.05, 0.1) is 11.4 Å². The average Bonchev–Trinajstić information content (AvgIpc) is 2.70. The summed E-state index contributed by atoms with van der Waals surface area (Å²) < 4.78 is 26.2. The molecule has 3 rings (SSSR count). The lowest BCUT2D eigenvalue weighted by Gasteiger charge is -2.25. The standard InChI is InChI=1S/C21H24N4O4S/c1-14-9-10-15(2)18(13-14)25-20(26)12-11-17(23-25)21(27)22-16-7-5-6-8-19(16)30(28,29)24(3)4/h5-10,13H,11-12H2,1-4H3,(H,22,27). The summed E-state index contributed by atoms with van der Waals surface area (Å²) in [5.41, 5.74) is 2.78. The molecule has 2 aromatic carbocycles. The number of sulfonamides is 1. The number of carbonyl (C=O) groups is 2. The van der Waals surface area contributed by atoms with E-state index in [4.69, 9.17) is 0 Å². The van der Waals surface area contributed by atoms with Gasteiger partial charge in [0.2, 0.25) is 15.9 Å². The molecule has 1 heterocycles.